The van der Waals surface area contributed by atoms with Crippen molar-refractivity contribution in [2.45, 2.75) is 44.2 Å². The maximum atomic E-state index is 14.0. The zero-order valence-corrected chi connectivity index (χ0v) is 15.2. The van der Waals surface area contributed by atoms with Crippen LogP contribution in [0.1, 0.15) is 34.3 Å². The highest BCUT2D eigenvalue weighted by Gasteiger charge is 2.40. The van der Waals surface area contributed by atoms with E-state index in [0.717, 1.165) is 11.1 Å². The minimum absolute atomic E-state index is 0.190. The average molecular weight is 374 g/mol. The summed E-state index contributed by atoms with van der Waals surface area (Å²) >= 11 is 0. The molecule has 0 saturated carbocycles. The molecule has 2 saturated heterocycles. The Labute approximate surface area is 156 Å². The summed E-state index contributed by atoms with van der Waals surface area (Å²) in [6.07, 6.45) is -0.349. The fraction of sp³-hybridized carbons (Fsp3) is 0.526. The second-order valence-electron chi connectivity index (χ2n) is 7.51. The predicted octanol–water partition coefficient (Wildman–Crippen LogP) is 0.189. The standard InChI is InChI=1S/C19H23FN4O3/c1-23(15-8-21-7-13(15)20)9-11-3-2-4-12-10-24(19(27)17(11)12)14-5-6-16(25)22-18(14)26/h2-4,13-15,21H,5-10H2,1H3,(H,22,25,26). The van der Waals surface area contributed by atoms with Crippen LogP contribution in [0.2, 0.25) is 0 Å². The number of fused-ring (bicyclic) bond motifs is 1. The van der Waals surface area contributed by atoms with Crippen LogP contribution in [-0.4, -0.2) is 65.9 Å². The van der Waals surface area contributed by atoms with Crippen molar-refractivity contribution >= 4 is 17.7 Å². The zero-order valence-electron chi connectivity index (χ0n) is 15.2. The number of piperidine rings is 1. The van der Waals surface area contributed by atoms with Crippen LogP contribution in [0.3, 0.4) is 0 Å². The maximum Gasteiger partial charge on any atom is 0.255 e. The number of carbonyl (C=O) groups is 3. The summed E-state index contributed by atoms with van der Waals surface area (Å²) in [4.78, 5) is 40.1. The highest BCUT2D eigenvalue weighted by Crippen LogP contribution is 2.30. The van der Waals surface area contributed by atoms with Crippen molar-refractivity contribution in [1.82, 2.24) is 20.4 Å². The first-order valence-corrected chi connectivity index (χ1v) is 9.26. The first-order valence-electron chi connectivity index (χ1n) is 9.26. The number of carbonyl (C=O) groups excluding carboxylic acids is 3. The molecule has 0 aliphatic carbocycles. The maximum absolute atomic E-state index is 14.0. The molecule has 0 spiro atoms. The van der Waals surface area contributed by atoms with Gasteiger partial charge in [-0.05, 0) is 24.6 Å². The number of halogens is 1. The van der Waals surface area contributed by atoms with Gasteiger partial charge < -0.3 is 10.2 Å². The molecule has 7 nitrogen and oxygen atoms in total. The van der Waals surface area contributed by atoms with Crippen molar-refractivity contribution < 1.29 is 18.8 Å². The zero-order chi connectivity index (χ0) is 19.1. The minimum atomic E-state index is -0.928. The van der Waals surface area contributed by atoms with Gasteiger partial charge in [0.1, 0.15) is 12.2 Å². The summed E-state index contributed by atoms with van der Waals surface area (Å²) in [6, 6.07) is 4.82. The summed E-state index contributed by atoms with van der Waals surface area (Å²) in [5.74, 6) is -0.901. The molecule has 8 heteroatoms. The highest BCUT2D eigenvalue weighted by molar-refractivity contribution is 6.05. The Hall–Kier alpha value is -2.32. The third-order valence-electron chi connectivity index (χ3n) is 5.74. The third kappa shape index (κ3) is 3.23. The SMILES string of the molecule is CN(Cc1cccc2c1C(=O)N(C1CCC(=O)NC1=O)C2)C1CNCC1F. The molecule has 27 heavy (non-hydrogen) atoms. The molecule has 144 valence electrons. The molecular formula is C19H23FN4O3. The average Bonchev–Trinajstić information content (AvgIpc) is 3.19. The lowest BCUT2D eigenvalue weighted by molar-refractivity contribution is -0.136. The van der Waals surface area contributed by atoms with Gasteiger partial charge in [0.25, 0.3) is 5.91 Å². The van der Waals surface area contributed by atoms with Crippen molar-refractivity contribution in [3.8, 4) is 0 Å². The molecule has 3 aliphatic rings. The smallest absolute Gasteiger partial charge is 0.255 e. The molecule has 0 radical (unpaired) electrons. The number of nitrogens with zero attached hydrogens (tertiary/aromatic N) is 2. The Morgan fingerprint density at radius 3 is 2.78 bits per heavy atom. The van der Waals surface area contributed by atoms with Crippen LogP contribution >= 0.6 is 0 Å². The molecule has 2 N–H and O–H groups in total. The molecule has 1 aromatic carbocycles. The highest BCUT2D eigenvalue weighted by atomic mass is 19.1. The van der Waals surface area contributed by atoms with Gasteiger partial charge in [-0.15, -0.1) is 0 Å². The van der Waals surface area contributed by atoms with Crippen LogP contribution in [0.4, 0.5) is 4.39 Å². The summed E-state index contributed by atoms with van der Waals surface area (Å²) in [5, 5.41) is 5.36. The van der Waals surface area contributed by atoms with Crippen LogP contribution in [0.5, 0.6) is 0 Å². The van der Waals surface area contributed by atoms with Crippen LogP contribution in [0.15, 0.2) is 18.2 Å². The Bertz CT molecular complexity index is 799. The minimum Gasteiger partial charge on any atom is -0.322 e. The van der Waals surface area contributed by atoms with Gasteiger partial charge in [0, 0.05) is 38.2 Å². The van der Waals surface area contributed by atoms with Gasteiger partial charge >= 0.3 is 0 Å². The summed E-state index contributed by atoms with van der Waals surface area (Å²) in [6.45, 7) is 1.76. The van der Waals surface area contributed by atoms with E-state index in [4.69, 9.17) is 0 Å². The van der Waals surface area contributed by atoms with Gasteiger partial charge in [-0.1, -0.05) is 18.2 Å². The van der Waals surface area contributed by atoms with E-state index < -0.39 is 18.1 Å². The Kier molecular flexibility index (Phi) is 4.69. The van der Waals surface area contributed by atoms with E-state index in [1.165, 1.54) is 0 Å². The Balaban J connectivity index is 1.55. The summed E-state index contributed by atoms with van der Waals surface area (Å²) in [5.41, 5.74) is 2.32. The Morgan fingerprint density at radius 2 is 2.07 bits per heavy atom. The van der Waals surface area contributed by atoms with E-state index in [1.807, 2.05) is 30.1 Å². The third-order valence-corrected chi connectivity index (χ3v) is 5.74. The molecule has 3 heterocycles. The Morgan fingerprint density at radius 1 is 1.26 bits per heavy atom. The molecule has 2 fully saturated rings. The number of amides is 3. The van der Waals surface area contributed by atoms with Gasteiger partial charge in [0.15, 0.2) is 0 Å². The number of hydrogen-bond acceptors (Lipinski definition) is 5. The number of nitrogens with one attached hydrogen (secondary N) is 2. The van der Waals surface area contributed by atoms with Crippen LogP contribution in [0.25, 0.3) is 0 Å². The normalized spacial score (nSPS) is 28.0. The van der Waals surface area contributed by atoms with E-state index in [2.05, 4.69) is 10.6 Å². The van der Waals surface area contributed by atoms with Crippen molar-refractivity contribution in [1.29, 1.82) is 0 Å². The van der Waals surface area contributed by atoms with E-state index in [1.54, 1.807) is 4.90 Å². The first kappa shape index (κ1) is 18.1. The fourth-order valence-corrected chi connectivity index (χ4v) is 4.27. The number of likely N-dealkylation sites (N-methyl/N-ethyl adjacent to an activating group) is 1. The molecule has 3 atom stereocenters. The lowest BCUT2D eigenvalue weighted by Crippen LogP contribution is -2.52. The molecule has 0 aromatic heterocycles. The lowest BCUT2D eigenvalue weighted by atomic mass is 10.0. The topological polar surface area (TPSA) is 81.8 Å². The fourth-order valence-electron chi connectivity index (χ4n) is 4.27. The largest absolute Gasteiger partial charge is 0.322 e. The quantitative estimate of drug-likeness (QED) is 0.736. The van der Waals surface area contributed by atoms with Crippen molar-refractivity contribution in [3.05, 3.63) is 34.9 Å². The van der Waals surface area contributed by atoms with Crippen LogP contribution in [-0.2, 0) is 22.7 Å². The van der Waals surface area contributed by atoms with Crippen molar-refractivity contribution in [2.24, 2.45) is 0 Å². The van der Waals surface area contributed by atoms with Gasteiger partial charge in [-0.25, -0.2) is 4.39 Å². The van der Waals surface area contributed by atoms with Crippen LogP contribution < -0.4 is 10.6 Å². The van der Waals surface area contributed by atoms with Crippen molar-refractivity contribution in [3.63, 3.8) is 0 Å². The number of rotatable bonds is 4. The van der Waals surface area contributed by atoms with E-state index in [0.29, 0.717) is 38.2 Å². The number of hydrogen-bond donors (Lipinski definition) is 2. The van der Waals surface area contributed by atoms with Crippen molar-refractivity contribution in [2.75, 3.05) is 20.1 Å². The second-order valence-corrected chi connectivity index (χ2v) is 7.51. The van der Waals surface area contributed by atoms with Gasteiger partial charge in [0.2, 0.25) is 11.8 Å². The van der Waals surface area contributed by atoms with Crippen LogP contribution in [0, 0.1) is 0 Å². The first-order chi connectivity index (χ1) is 13.0. The number of imide groups is 1. The lowest BCUT2D eigenvalue weighted by Gasteiger charge is -2.29. The van der Waals surface area contributed by atoms with Gasteiger partial charge in [-0.3, -0.25) is 24.6 Å². The van der Waals surface area contributed by atoms with Gasteiger partial charge in [-0.2, -0.15) is 0 Å². The second kappa shape index (κ2) is 7.01. The molecule has 4 rings (SSSR count). The van der Waals surface area contributed by atoms with E-state index in [9.17, 15) is 18.8 Å². The molecule has 3 unspecified atom stereocenters. The monoisotopic (exact) mass is 374 g/mol. The van der Waals surface area contributed by atoms with E-state index in [-0.39, 0.29) is 24.3 Å². The molecule has 3 amide bonds. The molecule has 1 aromatic rings. The number of alkyl halides is 1. The summed E-state index contributed by atoms with van der Waals surface area (Å²) < 4.78 is 14.0. The molecule has 0 bridgehead atoms. The molecule has 3 aliphatic heterocycles. The van der Waals surface area contributed by atoms with E-state index >= 15 is 0 Å². The number of benzene rings is 1. The van der Waals surface area contributed by atoms with Gasteiger partial charge in [0.05, 0.1) is 6.04 Å². The molecular weight excluding hydrogens is 351 g/mol. The summed E-state index contributed by atoms with van der Waals surface area (Å²) in [7, 11) is 1.86. The predicted molar refractivity (Wildman–Crippen MR) is 95.5 cm³/mol.